The second-order valence-electron chi connectivity index (χ2n) is 5.91. The van der Waals surface area contributed by atoms with E-state index in [9.17, 15) is 4.39 Å². The molecule has 2 nitrogen and oxygen atoms in total. The van der Waals surface area contributed by atoms with Crippen molar-refractivity contribution in [1.82, 2.24) is 9.78 Å². The highest BCUT2D eigenvalue weighted by Crippen LogP contribution is 2.20. The molecule has 0 unspecified atom stereocenters. The van der Waals surface area contributed by atoms with E-state index >= 15 is 0 Å². The molecule has 0 radical (unpaired) electrons. The van der Waals surface area contributed by atoms with Crippen molar-refractivity contribution in [3.63, 3.8) is 0 Å². The van der Waals surface area contributed by atoms with Crippen LogP contribution in [0.1, 0.15) is 31.9 Å². The number of hydrogen-bond donors (Lipinski definition) is 0. The number of halogens is 1. The second-order valence-corrected chi connectivity index (χ2v) is 5.91. The van der Waals surface area contributed by atoms with E-state index in [0.717, 1.165) is 12.0 Å². The molecule has 0 N–H and O–H groups in total. The lowest BCUT2D eigenvalue weighted by Crippen LogP contribution is -2.08. The van der Waals surface area contributed by atoms with Crippen molar-refractivity contribution in [3.05, 3.63) is 53.6 Å². The molecule has 3 heteroatoms. The Hall–Kier alpha value is -1.64. The minimum atomic E-state index is -0.201. The van der Waals surface area contributed by atoms with E-state index in [1.54, 1.807) is 12.1 Å². The van der Waals surface area contributed by atoms with Crippen molar-refractivity contribution in [3.8, 4) is 0 Å². The average Bonchev–Trinajstić information content (AvgIpc) is 2.66. The Bertz CT molecular complexity index is 506. The fourth-order valence-corrected chi connectivity index (χ4v) is 1.97. The van der Waals surface area contributed by atoms with Crippen LogP contribution >= 0.6 is 0 Å². The summed E-state index contributed by atoms with van der Waals surface area (Å²) in [5.41, 5.74) is 2.57. The zero-order chi connectivity index (χ0) is 13.2. The summed E-state index contributed by atoms with van der Waals surface area (Å²) in [7, 11) is 0. The maximum Gasteiger partial charge on any atom is 0.123 e. The van der Waals surface area contributed by atoms with Gasteiger partial charge in [-0.2, -0.15) is 5.10 Å². The SMILES string of the molecule is CC(C)(C)Cc1cnn(Cc2ccc(F)cc2)c1. The molecule has 1 aromatic carbocycles. The van der Waals surface area contributed by atoms with Gasteiger partial charge in [0.25, 0.3) is 0 Å². The molecular weight excluding hydrogens is 227 g/mol. The molecule has 96 valence electrons. The van der Waals surface area contributed by atoms with Crippen LogP contribution in [-0.4, -0.2) is 9.78 Å². The van der Waals surface area contributed by atoms with Gasteiger partial charge in [-0.05, 0) is 35.1 Å². The fraction of sp³-hybridized carbons (Fsp3) is 0.400. The monoisotopic (exact) mass is 246 g/mol. The summed E-state index contributed by atoms with van der Waals surface area (Å²) in [6.45, 7) is 7.32. The van der Waals surface area contributed by atoms with Crippen LogP contribution in [0.5, 0.6) is 0 Å². The van der Waals surface area contributed by atoms with Crippen LogP contribution in [0, 0.1) is 11.2 Å². The molecule has 1 aromatic heterocycles. The normalized spacial score (nSPS) is 11.8. The minimum Gasteiger partial charge on any atom is -0.268 e. The van der Waals surface area contributed by atoms with Crippen LogP contribution in [-0.2, 0) is 13.0 Å². The molecule has 0 spiro atoms. The minimum absolute atomic E-state index is 0.201. The molecule has 0 bridgehead atoms. The highest BCUT2D eigenvalue weighted by atomic mass is 19.1. The summed E-state index contributed by atoms with van der Waals surface area (Å²) in [4.78, 5) is 0. The Morgan fingerprint density at radius 3 is 2.39 bits per heavy atom. The predicted octanol–water partition coefficient (Wildman–Crippen LogP) is 3.66. The number of nitrogens with zero attached hydrogens (tertiary/aromatic N) is 2. The smallest absolute Gasteiger partial charge is 0.123 e. The summed E-state index contributed by atoms with van der Waals surface area (Å²) in [6, 6.07) is 6.55. The van der Waals surface area contributed by atoms with E-state index in [-0.39, 0.29) is 11.2 Å². The molecule has 0 saturated heterocycles. The lowest BCUT2D eigenvalue weighted by molar-refractivity contribution is 0.411. The molecule has 18 heavy (non-hydrogen) atoms. The van der Waals surface area contributed by atoms with Gasteiger partial charge in [0.2, 0.25) is 0 Å². The third kappa shape index (κ3) is 3.69. The van der Waals surface area contributed by atoms with E-state index in [2.05, 4.69) is 32.1 Å². The average molecular weight is 246 g/mol. The van der Waals surface area contributed by atoms with Crippen LogP contribution in [0.4, 0.5) is 4.39 Å². The standard InChI is InChI=1S/C15H19FN2/c1-15(2,3)8-13-9-17-18(11-13)10-12-4-6-14(16)7-5-12/h4-7,9,11H,8,10H2,1-3H3. The van der Waals surface area contributed by atoms with Gasteiger partial charge in [0.15, 0.2) is 0 Å². The first kappa shape index (κ1) is 12.8. The molecule has 2 aromatic rings. The van der Waals surface area contributed by atoms with Gasteiger partial charge in [0.05, 0.1) is 12.7 Å². The number of hydrogen-bond acceptors (Lipinski definition) is 1. The molecule has 1 heterocycles. The number of benzene rings is 1. The van der Waals surface area contributed by atoms with Gasteiger partial charge in [-0.25, -0.2) is 4.39 Å². The third-order valence-electron chi connectivity index (χ3n) is 2.68. The highest BCUT2D eigenvalue weighted by molar-refractivity contribution is 5.17. The van der Waals surface area contributed by atoms with Gasteiger partial charge in [-0.1, -0.05) is 32.9 Å². The van der Waals surface area contributed by atoms with Crippen molar-refractivity contribution >= 4 is 0 Å². The van der Waals surface area contributed by atoms with Crippen molar-refractivity contribution in [2.24, 2.45) is 5.41 Å². The van der Waals surface area contributed by atoms with E-state index < -0.39 is 0 Å². The van der Waals surface area contributed by atoms with E-state index in [4.69, 9.17) is 0 Å². The zero-order valence-electron chi connectivity index (χ0n) is 11.2. The first-order valence-corrected chi connectivity index (χ1v) is 6.18. The lowest BCUT2D eigenvalue weighted by atomic mass is 9.89. The molecule has 0 aliphatic rings. The summed E-state index contributed by atoms with van der Waals surface area (Å²) >= 11 is 0. The Morgan fingerprint density at radius 1 is 1.11 bits per heavy atom. The summed E-state index contributed by atoms with van der Waals surface area (Å²) in [5, 5.41) is 4.34. The van der Waals surface area contributed by atoms with Crippen molar-refractivity contribution in [2.75, 3.05) is 0 Å². The van der Waals surface area contributed by atoms with Crippen molar-refractivity contribution < 1.29 is 4.39 Å². The van der Waals surface area contributed by atoms with Gasteiger partial charge >= 0.3 is 0 Å². The quantitative estimate of drug-likeness (QED) is 0.808. The van der Waals surface area contributed by atoms with Crippen molar-refractivity contribution in [2.45, 2.75) is 33.7 Å². The Kier molecular flexibility index (Phi) is 3.50. The van der Waals surface area contributed by atoms with Crippen LogP contribution in [0.3, 0.4) is 0 Å². The van der Waals surface area contributed by atoms with E-state index in [1.807, 2.05) is 10.9 Å². The van der Waals surface area contributed by atoms with Crippen LogP contribution in [0.15, 0.2) is 36.7 Å². The first-order valence-electron chi connectivity index (χ1n) is 6.18. The molecule has 0 aliphatic carbocycles. The maximum absolute atomic E-state index is 12.8. The van der Waals surface area contributed by atoms with E-state index in [1.165, 1.54) is 17.7 Å². The largest absolute Gasteiger partial charge is 0.268 e. The van der Waals surface area contributed by atoms with Gasteiger partial charge in [-0.3, -0.25) is 4.68 Å². The van der Waals surface area contributed by atoms with Crippen LogP contribution in [0.2, 0.25) is 0 Å². The van der Waals surface area contributed by atoms with Gasteiger partial charge in [-0.15, -0.1) is 0 Å². The Labute approximate surface area is 107 Å². The van der Waals surface area contributed by atoms with Crippen LogP contribution < -0.4 is 0 Å². The molecule has 2 rings (SSSR count). The van der Waals surface area contributed by atoms with E-state index in [0.29, 0.717) is 6.54 Å². The number of rotatable bonds is 3. The zero-order valence-corrected chi connectivity index (χ0v) is 11.2. The lowest BCUT2D eigenvalue weighted by Gasteiger charge is -2.16. The highest BCUT2D eigenvalue weighted by Gasteiger charge is 2.12. The Balaban J connectivity index is 2.04. The molecule has 0 fully saturated rings. The van der Waals surface area contributed by atoms with Crippen molar-refractivity contribution in [1.29, 1.82) is 0 Å². The summed E-state index contributed by atoms with van der Waals surface area (Å²) in [6.07, 6.45) is 4.99. The van der Waals surface area contributed by atoms with Crippen LogP contribution in [0.25, 0.3) is 0 Å². The maximum atomic E-state index is 12.8. The first-order chi connectivity index (χ1) is 8.42. The molecule has 0 aliphatic heterocycles. The van der Waals surface area contributed by atoms with Gasteiger partial charge in [0.1, 0.15) is 5.82 Å². The molecule has 0 amide bonds. The molecule has 0 atom stereocenters. The topological polar surface area (TPSA) is 17.8 Å². The molecule has 0 saturated carbocycles. The third-order valence-corrected chi connectivity index (χ3v) is 2.68. The summed E-state index contributed by atoms with van der Waals surface area (Å²) < 4.78 is 14.7. The predicted molar refractivity (Wildman–Crippen MR) is 70.9 cm³/mol. The fourth-order valence-electron chi connectivity index (χ4n) is 1.97. The van der Waals surface area contributed by atoms with Gasteiger partial charge in [0, 0.05) is 6.20 Å². The Morgan fingerprint density at radius 2 is 1.78 bits per heavy atom. The number of aromatic nitrogens is 2. The van der Waals surface area contributed by atoms with Gasteiger partial charge < -0.3 is 0 Å². The molecular formula is C15H19FN2. The summed E-state index contributed by atoms with van der Waals surface area (Å²) in [5.74, 6) is -0.201. The second kappa shape index (κ2) is 4.92.